The number of allylic oxidation sites excluding steroid dienone is 5. The first-order valence-corrected chi connectivity index (χ1v) is 24.2. The van der Waals surface area contributed by atoms with Crippen LogP contribution in [-0.2, 0) is 4.79 Å². The molecule has 0 saturated carbocycles. The molecule has 2 unspecified atom stereocenters. The van der Waals surface area contributed by atoms with E-state index in [9.17, 15) is 15.0 Å². The fourth-order valence-electron chi connectivity index (χ4n) is 7.39. The monoisotopic (exact) mass is 758 g/mol. The number of hydrogen-bond donors (Lipinski definition) is 3. The molecule has 4 heteroatoms. The van der Waals surface area contributed by atoms with Gasteiger partial charge in [0.25, 0.3) is 0 Å². The van der Waals surface area contributed by atoms with Gasteiger partial charge in [0.1, 0.15) is 0 Å². The molecular formula is C50H95NO3. The molecule has 0 aliphatic rings. The number of hydrogen-bond acceptors (Lipinski definition) is 3. The molecule has 0 bridgehead atoms. The summed E-state index contributed by atoms with van der Waals surface area (Å²) >= 11 is 0. The van der Waals surface area contributed by atoms with E-state index >= 15 is 0 Å². The molecule has 2 atom stereocenters. The lowest BCUT2D eigenvalue weighted by Crippen LogP contribution is -2.45. The molecule has 54 heavy (non-hydrogen) atoms. The number of unbranched alkanes of at least 4 members (excludes halogenated alkanes) is 33. The number of rotatable bonds is 44. The van der Waals surface area contributed by atoms with Crippen LogP contribution in [0.5, 0.6) is 0 Å². The first-order chi connectivity index (χ1) is 26.7. The predicted molar refractivity (Wildman–Crippen MR) is 239 cm³/mol. The molecule has 0 saturated heterocycles. The number of nitrogens with one attached hydrogen (secondary N) is 1. The van der Waals surface area contributed by atoms with Crippen molar-refractivity contribution >= 4 is 5.91 Å². The maximum absolute atomic E-state index is 12.4. The predicted octanol–water partition coefficient (Wildman–Crippen LogP) is 15.4. The molecule has 4 nitrogen and oxygen atoms in total. The molecule has 0 fully saturated rings. The van der Waals surface area contributed by atoms with Crippen LogP contribution in [0.4, 0.5) is 0 Å². The summed E-state index contributed by atoms with van der Waals surface area (Å²) in [5.74, 6) is -0.0740. The average molecular weight is 758 g/mol. The molecule has 0 aromatic rings. The molecule has 0 rings (SSSR count). The third-order valence-electron chi connectivity index (χ3n) is 11.1. The van der Waals surface area contributed by atoms with Crippen LogP contribution in [0.3, 0.4) is 0 Å². The van der Waals surface area contributed by atoms with E-state index in [0.717, 1.165) is 38.5 Å². The molecule has 318 valence electrons. The Morgan fingerprint density at radius 1 is 0.426 bits per heavy atom. The summed E-state index contributed by atoms with van der Waals surface area (Å²) in [4.78, 5) is 12.4. The number of amides is 1. The van der Waals surface area contributed by atoms with Crippen LogP contribution in [0, 0.1) is 0 Å². The van der Waals surface area contributed by atoms with E-state index in [2.05, 4.69) is 43.5 Å². The van der Waals surface area contributed by atoms with E-state index in [-0.39, 0.29) is 12.5 Å². The van der Waals surface area contributed by atoms with Crippen molar-refractivity contribution in [2.45, 2.75) is 270 Å². The lowest BCUT2D eigenvalue weighted by molar-refractivity contribution is -0.123. The lowest BCUT2D eigenvalue weighted by atomic mass is 10.0. The van der Waals surface area contributed by atoms with Crippen molar-refractivity contribution in [1.29, 1.82) is 0 Å². The Labute approximate surface area is 338 Å². The Morgan fingerprint density at radius 2 is 0.722 bits per heavy atom. The summed E-state index contributed by atoms with van der Waals surface area (Å²) in [5.41, 5.74) is 0. The smallest absolute Gasteiger partial charge is 0.220 e. The first-order valence-electron chi connectivity index (χ1n) is 24.2. The van der Waals surface area contributed by atoms with Gasteiger partial charge in [-0.25, -0.2) is 0 Å². The second kappa shape index (κ2) is 46.0. The van der Waals surface area contributed by atoms with Crippen LogP contribution in [-0.4, -0.2) is 34.9 Å². The second-order valence-electron chi connectivity index (χ2n) is 16.5. The topological polar surface area (TPSA) is 69.6 Å². The van der Waals surface area contributed by atoms with Crippen molar-refractivity contribution < 1.29 is 15.0 Å². The van der Waals surface area contributed by atoms with Crippen molar-refractivity contribution in [3.8, 4) is 0 Å². The Kier molecular flexibility index (Phi) is 44.8. The Balaban J connectivity index is 3.55. The van der Waals surface area contributed by atoms with E-state index in [0.29, 0.717) is 6.42 Å². The van der Waals surface area contributed by atoms with Gasteiger partial charge in [-0.1, -0.05) is 243 Å². The summed E-state index contributed by atoms with van der Waals surface area (Å²) in [6.07, 6.45) is 61.3. The minimum atomic E-state index is -0.867. The van der Waals surface area contributed by atoms with Gasteiger partial charge < -0.3 is 15.5 Å². The molecular weight excluding hydrogens is 663 g/mol. The van der Waals surface area contributed by atoms with Gasteiger partial charge >= 0.3 is 0 Å². The zero-order valence-electron chi connectivity index (χ0n) is 36.5. The SMILES string of the molecule is CCCCCCCCCC/C=C/CC/C=C/CC/C=C/C(O)C(CO)NC(=O)CCCCCCCCCCCCCCCCCCCCCCCCCC. The van der Waals surface area contributed by atoms with Gasteiger partial charge in [-0.15, -0.1) is 0 Å². The minimum Gasteiger partial charge on any atom is -0.394 e. The van der Waals surface area contributed by atoms with Gasteiger partial charge in [0.05, 0.1) is 18.8 Å². The van der Waals surface area contributed by atoms with Gasteiger partial charge in [0.2, 0.25) is 5.91 Å². The van der Waals surface area contributed by atoms with Crippen molar-refractivity contribution in [3.63, 3.8) is 0 Å². The maximum Gasteiger partial charge on any atom is 0.220 e. The Morgan fingerprint density at radius 3 is 1.07 bits per heavy atom. The molecule has 0 aliphatic carbocycles. The van der Waals surface area contributed by atoms with Crippen molar-refractivity contribution in [3.05, 3.63) is 36.5 Å². The summed E-state index contributed by atoms with van der Waals surface area (Å²) in [5, 5.41) is 23.0. The highest BCUT2D eigenvalue weighted by atomic mass is 16.3. The number of aliphatic hydroxyl groups is 2. The zero-order valence-corrected chi connectivity index (χ0v) is 36.5. The van der Waals surface area contributed by atoms with Gasteiger partial charge in [-0.05, 0) is 44.9 Å². The molecule has 0 heterocycles. The summed E-state index contributed by atoms with van der Waals surface area (Å²) in [6, 6.07) is -0.642. The third kappa shape index (κ3) is 41.8. The van der Waals surface area contributed by atoms with Crippen LogP contribution in [0.1, 0.15) is 258 Å². The molecule has 0 aliphatic heterocycles. The molecule has 0 spiro atoms. The Hall–Kier alpha value is -1.39. The summed E-state index contributed by atoms with van der Waals surface area (Å²) in [7, 11) is 0. The lowest BCUT2D eigenvalue weighted by Gasteiger charge is -2.19. The van der Waals surface area contributed by atoms with E-state index < -0.39 is 12.1 Å². The molecule has 0 radical (unpaired) electrons. The first kappa shape index (κ1) is 52.6. The number of carbonyl (C=O) groups is 1. The second-order valence-corrected chi connectivity index (χ2v) is 16.5. The van der Waals surface area contributed by atoms with E-state index in [4.69, 9.17) is 0 Å². The maximum atomic E-state index is 12.4. The normalized spacial score (nSPS) is 13.2. The van der Waals surface area contributed by atoms with Crippen LogP contribution < -0.4 is 5.32 Å². The van der Waals surface area contributed by atoms with E-state index in [1.165, 1.54) is 199 Å². The Bertz CT molecular complexity index is 821. The zero-order chi connectivity index (χ0) is 39.3. The van der Waals surface area contributed by atoms with Gasteiger partial charge in [0, 0.05) is 6.42 Å². The summed E-state index contributed by atoms with van der Waals surface area (Å²) in [6.45, 7) is 4.31. The van der Waals surface area contributed by atoms with Crippen molar-refractivity contribution in [2.24, 2.45) is 0 Å². The average Bonchev–Trinajstić information content (AvgIpc) is 3.18. The highest BCUT2D eigenvalue weighted by molar-refractivity contribution is 5.76. The van der Waals surface area contributed by atoms with Crippen molar-refractivity contribution in [1.82, 2.24) is 5.32 Å². The van der Waals surface area contributed by atoms with Crippen molar-refractivity contribution in [2.75, 3.05) is 6.61 Å². The highest BCUT2D eigenvalue weighted by Gasteiger charge is 2.17. The molecule has 0 aromatic heterocycles. The van der Waals surface area contributed by atoms with Crippen LogP contribution in [0.25, 0.3) is 0 Å². The quantitative estimate of drug-likeness (QED) is 0.0428. The van der Waals surface area contributed by atoms with Gasteiger partial charge in [0.15, 0.2) is 0 Å². The third-order valence-corrected chi connectivity index (χ3v) is 11.1. The minimum absolute atomic E-state index is 0.0740. The number of carbonyl (C=O) groups excluding carboxylic acids is 1. The number of aliphatic hydroxyl groups excluding tert-OH is 2. The fraction of sp³-hybridized carbons (Fsp3) is 0.860. The van der Waals surface area contributed by atoms with E-state index in [1.54, 1.807) is 6.08 Å². The van der Waals surface area contributed by atoms with Crippen LogP contribution in [0.2, 0.25) is 0 Å². The van der Waals surface area contributed by atoms with Crippen LogP contribution >= 0.6 is 0 Å². The molecule has 0 aromatic carbocycles. The van der Waals surface area contributed by atoms with Gasteiger partial charge in [-0.3, -0.25) is 4.79 Å². The van der Waals surface area contributed by atoms with Crippen LogP contribution in [0.15, 0.2) is 36.5 Å². The van der Waals surface area contributed by atoms with E-state index in [1.807, 2.05) is 6.08 Å². The largest absolute Gasteiger partial charge is 0.394 e. The highest BCUT2D eigenvalue weighted by Crippen LogP contribution is 2.16. The summed E-state index contributed by atoms with van der Waals surface area (Å²) < 4.78 is 0. The molecule has 1 amide bonds. The van der Waals surface area contributed by atoms with Gasteiger partial charge in [-0.2, -0.15) is 0 Å². The fourth-order valence-corrected chi connectivity index (χ4v) is 7.39. The standard InChI is InChI=1S/C50H95NO3/c1-3-5-7-9-11-13-15-17-19-21-23-24-25-26-27-28-30-32-34-36-38-40-42-44-46-50(54)51-48(47-52)49(53)45-43-41-39-37-35-33-31-29-22-20-18-16-14-12-10-8-6-4-2/h22,29,35,37,43,45,48-49,52-53H,3-21,23-28,30-34,36,38-42,44,46-47H2,1-2H3,(H,51,54)/b29-22+,37-35+,45-43+. The molecule has 3 N–H and O–H groups in total.